The summed E-state index contributed by atoms with van der Waals surface area (Å²) in [7, 11) is 0. The number of hydrogen-bond donors (Lipinski definition) is 1. The molecule has 36 heavy (non-hydrogen) atoms. The Morgan fingerprint density at radius 2 is 1.72 bits per heavy atom. The molecule has 0 bridgehead atoms. The highest BCUT2D eigenvalue weighted by Crippen LogP contribution is 2.28. The highest BCUT2D eigenvalue weighted by molar-refractivity contribution is 6.13. The number of benzene rings is 1. The van der Waals surface area contributed by atoms with Gasteiger partial charge in [0, 0.05) is 24.2 Å². The topological polar surface area (TPSA) is 37.3 Å². The summed E-state index contributed by atoms with van der Waals surface area (Å²) in [6.45, 7) is 16.1. The summed E-state index contributed by atoms with van der Waals surface area (Å²) < 4.78 is 0. The molecule has 2 aromatic rings. The largest absolute Gasteiger partial charge is 0.359 e. The Bertz CT molecular complexity index is 1290. The molecule has 1 aliphatic rings. The standard InChI is InChI=1S/C33H35N3/c1-7-11-13-26(9-3)28-17-19-29(20-18-28)31-23-35-33(24(5)8-2)36-32(31)27(10-4)16-15-25(6)30-14-12-21-34-22-30/h7-23,33,36H,1,4H2,2-3,5-6H3/b13-11-,24-8+,25-15+,26-9+,27-16+. The molecule has 1 N–H and O–H groups in total. The van der Waals surface area contributed by atoms with Crippen molar-refractivity contribution in [1.82, 2.24) is 10.3 Å². The first kappa shape index (κ1) is 26.4. The van der Waals surface area contributed by atoms with Gasteiger partial charge in [0.2, 0.25) is 0 Å². The Morgan fingerprint density at radius 1 is 0.944 bits per heavy atom. The number of aliphatic imine (C=N–C) groups is 1. The highest BCUT2D eigenvalue weighted by Gasteiger charge is 2.20. The lowest BCUT2D eigenvalue weighted by atomic mass is 9.95. The van der Waals surface area contributed by atoms with E-state index in [0.29, 0.717) is 0 Å². The van der Waals surface area contributed by atoms with Gasteiger partial charge >= 0.3 is 0 Å². The fraction of sp³-hybridized carbons (Fsp3) is 0.152. The predicted octanol–water partition coefficient (Wildman–Crippen LogP) is 8.12. The van der Waals surface area contributed by atoms with Crippen molar-refractivity contribution < 1.29 is 0 Å². The summed E-state index contributed by atoms with van der Waals surface area (Å²) >= 11 is 0. The average Bonchev–Trinajstić information content (AvgIpc) is 2.94. The van der Waals surface area contributed by atoms with E-state index < -0.39 is 0 Å². The molecule has 0 saturated carbocycles. The minimum Gasteiger partial charge on any atom is -0.359 e. The first-order valence-corrected chi connectivity index (χ1v) is 12.2. The molecule has 3 nitrogen and oxygen atoms in total. The maximum Gasteiger partial charge on any atom is 0.140 e. The van der Waals surface area contributed by atoms with Crippen LogP contribution in [0.2, 0.25) is 0 Å². The zero-order valence-electron chi connectivity index (χ0n) is 21.7. The van der Waals surface area contributed by atoms with Crippen molar-refractivity contribution in [3.8, 4) is 0 Å². The van der Waals surface area contributed by atoms with Crippen LogP contribution in [0, 0.1) is 0 Å². The molecular formula is C33H35N3. The van der Waals surface area contributed by atoms with Crippen molar-refractivity contribution in [2.45, 2.75) is 33.9 Å². The van der Waals surface area contributed by atoms with Crippen molar-refractivity contribution in [1.29, 1.82) is 0 Å². The van der Waals surface area contributed by atoms with Crippen molar-refractivity contribution in [2.24, 2.45) is 4.99 Å². The Morgan fingerprint density at radius 3 is 2.33 bits per heavy atom. The molecule has 3 rings (SSSR count). The molecule has 0 saturated heterocycles. The van der Waals surface area contributed by atoms with Crippen molar-refractivity contribution in [3.05, 3.63) is 144 Å². The van der Waals surface area contributed by atoms with E-state index in [1.165, 1.54) is 0 Å². The molecule has 0 aliphatic carbocycles. The maximum atomic E-state index is 4.80. The van der Waals surface area contributed by atoms with Crippen LogP contribution in [0.5, 0.6) is 0 Å². The smallest absolute Gasteiger partial charge is 0.140 e. The zero-order chi connectivity index (χ0) is 25.9. The average molecular weight is 474 g/mol. The monoisotopic (exact) mass is 473 g/mol. The maximum absolute atomic E-state index is 4.80. The second-order valence-electron chi connectivity index (χ2n) is 8.48. The summed E-state index contributed by atoms with van der Waals surface area (Å²) in [4.78, 5) is 9.04. The van der Waals surface area contributed by atoms with Crippen LogP contribution in [0.1, 0.15) is 44.4 Å². The third-order valence-electron chi connectivity index (χ3n) is 6.18. The summed E-state index contributed by atoms with van der Waals surface area (Å²) in [5.74, 6) is 0. The van der Waals surface area contributed by atoms with Crippen LogP contribution in [-0.2, 0) is 0 Å². The van der Waals surface area contributed by atoms with Crippen LogP contribution < -0.4 is 5.32 Å². The molecule has 0 amide bonds. The van der Waals surface area contributed by atoms with Crippen molar-refractivity contribution >= 4 is 22.9 Å². The number of aromatic nitrogens is 1. The van der Waals surface area contributed by atoms with E-state index in [1.54, 1.807) is 12.3 Å². The third kappa shape index (κ3) is 6.45. The van der Waals surface area contributed by atoms with Gasteiger partial charge in [0.15, 0.2) is 0 Å². The Labute approximate surface area is 216 Å². The van der Waals surface area contributed by atoms with Gasteiger partial charge in [0.05, 0.1) is 5.70 Å². The molecule has 3 heteroatoms. The summed E-state index contributed by atoms with van der Waals surface area (Å²) in [5.41, 5.74) is 9.81. The number of nitrogens with zero attached hydrogens (tertiary/aromatic N) is 2. The summed E-state index contributed by atoms with van der Waals surface area (Å²) in [5, 5.41) is 3.64. The van der Waals surface area contributed by atoms with E-state index in [0.717, 1.165) is 50.3 Å². The van der Waals surface area contributed by atoms with Gasteiger partial charge in [0.1, 0.15) is 6.17 Å². The fourth-order valence-corrected chi connectivity index (χ4v) is 3.85. The van der Waals surface area contributed by atoms with Crippen LogP contribution in [0.15, 0.2) is 132 Å². The molecule has 0 spiro atoms. The number of hydrogen-bond acceptors (Lipinski definition) is 3. The first-order valence-electron chi connectivity index (χ1n) is 12.2. The molecule has 1 aliphatic heterocycles. The molecule has 2 heterocycles. The Kier molecular flexibility index (Phi) is 9.53. The minimum absolute atomic E-state index is 0.113. The molecule has 1 atom stereocenters. The van der Waals surface area contributed by atoms with E-state index in [1.807, 2.05) is 44.5 Å². The van der Waals surface area contributed by atoms with E-state index in [-0.39, 0.29) is 6.17 Å². The van der Waals surface area contributed by atoms with Gasteiger partial charge in [-0.1, -0.05) is 92.1 Å². The van der Waals surface area contributed by atoms with Crippen LogP contribution >= 0.6 is 0 Å². The van der Waals surface area contributed by atoms with E-state index >= 15 is 0 Å². The second-order valence-corrected chi connectivity index (χ2v) is 8.48. The van der Waals surface area contributed by atoms with Crippen molar-refractivity contribution in [2.75, 3.05) is 0 Å². The molecule has 0 radical (unpaired) electrons. The van der Waals surface area contributed by atoms with Gasteiger partial charge in [-0.2, -0.15) is 0 Å². The summed E-state index contributed by atoms with van der Waals surface area (Å²) in [6.07, 6.45) is 21.6. The van der Waals surface area contributed by atoms with Crippen molar-refractivity contribution in [3.63, 3.8) is 0 Å². The highest BCUT2D eigenvalue weighted by atomic mass is 15.1. The number of rotatable bonds is 9. The van der Waals surface area contributed by atoms with Gasteiger partial charge in [-0.15, -0.1) is 0 Å². The number of pyridine rings is 1. The second kappa shape index (κ2) is 13.0. The van der Waals surface area contributed by atoms with Gasteiger partial charge in [-0.05, 0) is 72.7 Å². The lowest BCUT2D eigenvalue weighted by Crippen LogP contribution is -2.32. The third-order valence-corrected chi connectivity index (χ3v) is 6.18. The molecular weight excluding hydrogens is 438 g/mol. The van der Waals surface area contributed by atoms with Gasteiger partial charge in [-0.25, -0.2) is 0 Å². The van der Waals surface area contributed by atoms with E-state index in [4.69, 9.17) is 4.99 Å². The SMILES string of the molecule is C=C/C=C\C(=C/C)c1ccc(C2=C(/C(C=C)=C/C=C(\C)c3cccnc3)NC(/C(C)=C/C)N=C2)cc1. The van der Waals surface area contributed by atoms with E-state index in [9.17, 15) is 0 Å². The quantitative estimate of drug-likeness (QED) is 0.295. The van der Waals surface area contributed by atoms with Crippen LogP contribution in [-0.4, -0.2) is 17.4 Å². The van der Waals surface area contributed by atoms with Gasteiger partial charge in [0.25, 0.3) is 0 Å². The summed E-state index contributed by atoms with van der Waals surface area (Å²) in [6, 6.07) is 12.6. The van der Waals surface area contributed by atoms with Crippen LogP contribution in [0.4, 0.5) is 0 Å². The number of nitrogens with one attached hydrogen (secondary N) is 1. The lowest BCUT2D eigenvalue weighted by Gasteiger charge is -2.26. The fourth-order valence-electron chi connectivity index (χ4n) is 3.85. The lowest BCUT2D eigenvalue weighted by molar-refractivity contribution is 0.671. The zero-order valence-corrected chi connectivity index (χ0v) is 21.7. The molecule has 0 fully saturated rings. The molecule has 182 valence electrons. The normalized spacial score (nSPS) is 17.4. The predicted molar refractivity (Wildman–Crippen MR) is 157 cm³/mol. The van der Waals surface area contributed by atoms with Gasteiger partial charge in [-0.3, -0.25) is 9.98 Å². The van der Waals surface area contributed by atoms with Crippen LogP contribution in [0.3, 0.4) is 0 Å². The number of allylic oxidation sites excluding steroid dienone is 11. The van der Waals surface area contributed by atoms with Gasteiger partial charge < -0.3 is 5.32 Å². The van der Waals surface area contributed by atoms with E-state index in [2.05, 4.69) is 98.0 Å². The first-order chi connectivity index (χ1) is 17.5. The molecule has 1 aromatic carbocycles. The van der Waals surface area contributed by atoms with Crippen LogP contribution in [0.25, 0.3) is 16.7 Å². The Balaban J connectivity index is 2.06. The Hall–Kier alpha value is -4.24. The molecule has 1 unspecified atom stereocenters. The minimum atomic E-state index is -0.113. The molecule has 1 aromatic heterocycles.